The highest BCUT2D eigenvalue weighted by atomic mass is 79.9. The average molecular weight is 360 g/mol. The molecule has 0 amide bonds. The molecule has 0 aliphatic carbocycles. The van der Waals surface area contributed by atoms with Crippen molar-refractivity contribution >= 4 is 38.9 Å². The molecule has 104 valence electrons. The standard InChI is InChI=1S/C13H9BrClFN2O2/c14-11-5-9(16)2-1-8(11)7-17-13-4-3-10(18(19)20)6-12(13)15/h1-6,17H,7H2. The van der Waals surface area contributed by atoms with Gasteiger partial charge in [-0.3, -0.25) is 10.1 Å². The molecule has 2 rings (SSSR count). The smallest absolute Gasteiger partial charge is 0.271 e. The first-order valence-corrected chi connectivity index (χ1v) is 6.76. The van der Waals surface area contributed by atoms with Crippen LogP contribution in [0.3, 0.4) is 0 Å². The van der Waals surface area contributed by atoms with Gasteiger partial charge in [0, 0.05) is 23.2 Å². The van der Waals surface area contributed by atoms with Crippen LogP contribution in [-0.2, 0) is 6.54 Å². The van der Waals surface area contributed by atoms with Crippen LogP contribution in [0.5, 0.6) is 0 Å². The van der Waals surface area contributed by atoms with E-state index in [1.807, 2.05) is 0 Å². The molecule has 0 aromatic heterocycles. The Morgan fingerprint density at radius 1 is 1.30 bits per heavy atom. The topological polar surface area (TPSA) is 55.2 Å². The third-order valence-electron chi connectivity index (χ3n) is 2.65. The first-order valence-electron chi connectivity index (χ1n) is 5.59. The lowest BCUT2D eigenvalue weighted by Crippen LogP contribution is -2.01. The Kier molecular flexibility index (Phi) is 4.57. The van der Waals surface area contributed by atoms with E-state index < -0.39 is 4.92 Å². The number of rotatable bonds is 4. The van der Waals surface area contributed by atoms with Gasteiger partial charge in [0.1, 0.15) is 5.82 Å². The van der Waals surface area contributed by atoms with Crippen molar-refractivity contribution in [3.8, 4) is 0 Å². The Morgan fingerprint density at radius 2 is 2.05 bits per heavy atom. The van der Waals surface area contributed by atoms with Gasteiger partial charge in [0.05, 0.1) is 15.6 Å². The monoisotopic (exact) mass is 358 g/mol. The molecule has 0 heterocycles. The Hall–Kier alpha value is -1.66. The van der Waals surface area contributed by atoms with E-state index >= 15 is 0 Å². The summed E-state index contributed by atoms with van der Waals surface area (Å²) in [4.78, 5) is 10.1. The Labute approximate surface area is 127 Å². The van der Waals surface area contributed by atoms with Crippen LogP contribution in [0, 0.1) is 15.9 Å². The number of nitro groups is 1. The number of hydrogen-bond donors (Lipinski definition) is 1. The molecule has 0 saturated heterocycles. The van der Waals surface area contributed by atoms with Crippen molar-refractivity contribution in [3.05, 3.63) is 67.4 Å². The van der Waals surface area contributed by atoms with Gasteiger partial charge in [-0.15, -0.1) is 0 Å². The maximum atomic E-state index is 13.0. The summed E-state index contributed by atoms with van der Waals surface area (Å²) in [6.45, 7) is 0.415. The van der Waals surface area contributed by atoms with Gasteiger partial charge < -0.3 is 5.32 Å². The fourth-order valence-electron chi connectivity index (χ4n) is 1.62. The molecule has 4 nitrogen and oxygen atoms in total. The van der Waals surface area contributed by atoms with E-state index in [1.165, 1.54) is 30.3 Å². The predicted molar refractivity (Wildman–Crippen MR) is 79.5 cm³/mol. The number of halogens is 3. The normalized spacial score (nSPS) is 10.3. The number of nitrogens with zero attached hydrogens (tertiary/aromatic N) is 1. The second kappa shape index (κ2) is 6.19. The van der Waals surface area contributed by atoms with Crippen LogP contribution in [-0.4, -0.2) is 4.92 Å². The molecule has 0 atom stereocenters. The van der Waals surface area contributed by atoms with Gasteiger partial charge in [-0.25, -0.2) is 4.39 Å². The van der Waals surface area contributed by atoms with Gasteiger partial charge in [0.15, 0.2) is 0 Å². The number of nitrogens with one attached hydrogen (secondary N) is 1. The summed E-state index contributed by atoms with van der Waals surface area (Å²) in [5.74, 6) is -0.325. The Morgan fingerprint density at radius 3 is 2.65 bits per heavy atom. The maximum absolute atomic E-state index is 13.0. The molecule has 0 radical (unpaired) electrons. The summed E-state index contributed by atoms with van der Waals surface area (Å²) in [7, 11) is 0. The second-order valence-corrected chi connectivity index (χ2v) is 5.27. The molecule has 1 N–H and O–H groups in total. The quantitative estimate of drug-likeness (QED) is 0.632. The van der Waals surface area contributed by atoms with Crippen molar-refractivity contribution in [1.82, 2.24) is 0 Å². The van der Waals surface area contributed by atoms with Gasteiger partial charge in [-0.2, -0.15) is 0 Å². The summed E-state index contributed by atoms with van der Waals surface area (Å²) in [6, 6.07) is 8.56. The van der Waals surface area contributed by atoms with E-state index in [9.17, 15) is 14.5 Å². The molecule has 0 bridgehead atoms. The summed E-state index contributed by atoms with van der Waals surface area (Å²) in [5.41, 5.74) is 1.36. The van der Waals surface area contributed by atoms with Crippen molar-refractivity contribution in [3.63, 3.8) is 0 Å². The fraction of sp³-hybridized carbons (Fsp3) is 0.0769. The van der Waals surface area contributed by atoms with Crippen molar-refractivity contribution < 1.29 is 9.31 Å². The lowest BCUT2D eigenvalue weighted by Gasteiger charge is -2.09. The van der Waals surface area contributed by atoms with E-state index in [2.05, 4.69) is 21.2 Å². The van der Waals surface area contributed by atoms with Crippen LogP contribution in [0.15, 0.2) is 40.9 Å². The number of non-ortho nitro benzene ring substituents is 1. The average Bonchev–Trinajstić information content (AvgIpc) is 2.38. The lowest BCUT2D eigenvalue weighted by molar-refractivity contribution is -0.384. The second-order valence-electron chi connectivity index (χ2n) is 4.01. The minimum atomic E-state index is -0.508. The van der Waals surface area contributed by atoms with E-state index in [0.717, 1.165) is 5.56 Å². The van der Waals surface area contributed by atoms with Crippen LogP contribution in [0.25, 0.3) is 0 Å². The number of benzene rings is 2. The highest BCUT2D eigenvalue weighted by Gasteiger charge is 2.09. The molecular formula is C13H9BrClFN2O2. The van der Waals surface area contributed by atoms with Crippen LogP contribution < -0.4 is 5.32 Å². The van der Waals surface area contributed by atoms with E-state index in [-0.39, 0.29) is 16.5 Å². The fourth-order valence-corrected chi connectivity index (χ4v) is 2.35. The number of hydrogen-bond acceptors (Lipinski definition) is 3. The first kappa shape index (κ1) is 14.7. The number of nitro benzene ring substituents is 1. The third-order valence-corrected chi connectivity index (χ3v) is 3.70. The highest BCUT2D eigenvalue weighted by Crippen LogP contribution is 2.27. The van der Waals surface area contributed by atoms with Gasteiger partial charge in [-0.1, -0.05) is 33.6 Å². The Balaban J connectivity index is 2.13. The van der Waals surface area contributed by atoms with E-state index in [4.69, 9.17) is 11.6 Å². The molecule has 7 heteroatoms. The summed E-state index contributed by atoms with van der Waals surface area (Å²) in [5, 5.41) is 13.9. The molecular weight excluding hydrogens is 351 g/mol. The maximum Gasteiger partial charge on any atom is 0.271 e. The molecule has 0 saturated carbocycles. The first-order chi connectivity index (χ1) is 9.47. The largest absolute Gasteiger partial charge is 0.380 e. The minimum Gasteiger partial charge on any atom is -0.380 e. The third kappa shape index (κ3) is 3.46. The zero-order valence-electron chi connectivity index (χ0n) is 10.1. The minimum absolute atomic E-state index is 0.0662. The summed E-state index contributed by atoms with van der Waals surface area (Å²) >= 11 is 9.23. The molecule has 0 fully saturated rings. The molecule has 0 spiro atoms. The Bertz CT molecular complexity index is 667. The van der Waals surface area contributed by atoms with Crippen molar-refractivity contribution in [2.75, 3.05) is 5.32 Å². The van der Waals surface area contributed by atoms with Crippen molar-refractivity contribution in [1.29, 1.82) is 0 Å². The van der Waals surface area contributed by atoms with Crippen LogP contribution >= 0.6 is 27.5 Å². The van der Waals surface area contributed by atoms with Crippen LogP contribution in [0.2, 0.25) is 5.02 Å². The van der Waals surface area contributed by atoms with Gasteiger partial charge in [0.2, 0.25) is 0 Å². The predicted octanol–water partition coefficient (Wildman–Crippen LogP) is 4.76. The van der Waals surface area contributed by atoms with Gasteiger partial charge >= 0.3 is 0 Å². The lowest BCUT2D eigenvalue weighted by atomic mass is 10.2. The van der Waals surface area contributed by atoms with E-state index in [1.54, 1.807) is 6.07 Å². The SMILES string of the molecule is O=[N+]([O-])c1ccc(NCc2ccc(F)cc2Br)c(Cl)c1. The van der Waals surface area contributed by atoms with Crippen LogP contribution in [0.4, 0.5) is 15.8 Å². The molecule has 0 unspecified atom stereocenters. The molecule has 2 aromatic carbocycles. The molecule has 20 heavy (non-hydrogen) atoms. The van der Waals surface area contributed by atoms with E-state index in [0.29, 0.717) is 16.7 Å². The number of anilines is 1. The summed E-state index contributed by atoms with van der Waals surface area (Å²) in [6.07, 6.45) is 0. The molecule has 0 aliphatic rings. The summed E-state index contributed by atoms with van der Waals surface area (Å²) < 4.78 is 13.6. The zero-order valence-corrected chi connectivity index (χ0v) is 12.4. The molecule has 2 aromatic rings. The van der Waals surface area contributed by atoms with Crippen LogP contribution in [0.1, 0.15) is 5.56 Å². The van der Waals surface area contributed by atoms with Crippen molar-refractivity contribution in [2.45, 2.75) is 6.54 Å². The van der Waals surface area contributed by atoms with Gasteiger partial charge in [-0.05, 0) is 23.8 Å². The highest BCUT2D eigenvalue weighted by molar-refractivity contribution is 9.10. The molecule has 0 aliphatic heterocycles. The van der Waals surface area contributed by atoms with Gasteiger partial charge in [0.25, 0.3) is 5.69 Å². The zero-order chi connectivity index (χ0) is 14.7. The van der Waals surface area contributed by atoms with Crippen molar-refractivity contribution in [2.24, 2.45) is 0 Å².